The highest BCUT2D eigenvalue weighted by Gasteiger charge is 2.15. The van der Waals surface area contributed by atoms with Gasteiger partial charge in [-0.1, -0.05) is 0 Å². The van der Waals surface area contributed by atoms with Crippen molar-refractivity contribution in [2.24, 2.45) is 5.10 Å². The van der Waals surface area contributed by atoms with E-state index in [1.807, 2.05) is 31.2 Å². The van der Waals surface area contributed by atoms with Crippen molar-refractivity contribution in [3.63, 3.8) is 0 Å². The summed E-state index contributed by atoms with van der Waals surface area (Å²) in [6.07, 6.45) is 0. The largest absolute Gasteiger partial charge is 0.507 e. The average Bonchev–Trinajstić information content (AvgIpc) is 2.63. The number of hydrogen-bond acceptors (Lipinski definition) is 6. The van der Waals surface area contributed by atoms with Crippen LogP contribution in [0.15, 0.2) is 50.7 Å². The van der Waals surface area contributed by atoms with E-state index in [1.165, 1.54) is 6.07 Å². The zero-order valence-electron chi connectivity index (χ0n) is 15.1. The molecule has 3 aromatic rings. The summed E-state index contributed by atoms with van der Waals surface area (Å²) in [4.78, 5) is 11.6. The van der Waals surface area contributed by atoms with Gasteiger partial charge in [-0.3, -0.25) is 5.43 Å². The quantitative estimate of drug-likeness (QED) is 0.422. The maximum atomic E-state index is 11.6. The molecule has 0 fully saturated rings. The number of phenols is 1. The first-order valence-electron chi connectivity index (χ1n) is 8.12. The summed E-state index contributed by atoms with van der Waals surface area (Å²) >= 11 is 0. The van der Waals surface area contributed by atoms with Gasteiger partial charge in [-0.05, 0) is 56.7 Å². The van der Waals surface area contributed by atoms with Crippen LogP contribution in [0.5, 0.6) is 11.5 Å². The lowest BCUT2D eigenvalue weighted by molar-refractivity contribution is 0.415. The lowest BCUT2D eigenvalue weighted by Gasteiger charge is -2.11. The molecule has 1 heterocycles. The van der Waals surface area contributed by atoms with Crippen molar-refractivity contribution in [3.8, 4) is 11.5 Å². The Balaban J connectivity index is 2.00. The molecule has 26 heavy (non-hydrogen) atoms. The lowest BCUT2D eigenvalue weighted by Crippen LogP contribution is -2.04. The fourth-order valence-electron chi connectivity index (χ4n) is 2.75. The number of nitrogens with zero attached hydrogens (tertiary/aromatic N) is 1. The Morgan fingerprint density at radius 3 is 2.54 bits per heavy atom. The predicted octanol–water partition coefficient (Wildman–Crippen LogP) is 3.96. The molecule has 0 atom stereocenters. The molecule has 0 radical (unpaired) electrons. The molecule has 0 saturated carbocycles. The van der Waals surface area contributed by atoms with E-state index < -0.39 is 5.63 Å². The van der Waals surface area contributed by atoms with Crippen LogP contribution in [0.3, 0.4) is 0 Å². The molecule has 0 saturated heterocycles. The summed E-state index contributed by atoms with van der Waals surface area (Å²) < 4.78 is 10.4. The summed E-state index contributed by atoms with van der Waals surface area (Å²) in [5.41, 5.74) is 6.20. The zero-order chi connectivity index (χ0) is 18.8. The van der Waals surface area contributed by atoms with Gasteiger partial charge < -0.3 is 14.3 Å². The third-order valence-electron chi connectivity index (χ3n) is 4.28. The van der Waals surface area contributed by atoms with E-state index in [1.54, 1.807) is 27.0 Å². The van der Waals surface area contributed by atoms with Crippen LogP contribution >= 0.6 is 0 Å². The summed E-state index contributed by atoms with van der Waals surface area (Å²) in [6.45, 7) is 5.35. The van der Waals surface area contributed by atoms with Gasteiger partial charge in [-0.2, -0.15) is 5.10 Å². The van der Waals surface area contributed by atoms with Gasteiger partial charge in [0, 0.05) is 22.6 Å². The van der Waals surface area contributed by atoms with Gasteiger partial charge in [0.2, 0.25) is 0 Å². The molecule has 2 aromatic carbocycles. The third kappa shape index (κ3) is 3.26. The summed E-state index contributed by atoms with van der Waals surface area (Å²) in [7, 11) is 1.61. The van der Waals surface area contributed by atoms with E-state index >= 15 is 0 Å². The highest BCUT2D eigenvalue weighted by atomic mass is 16.5. The minimum Gasteiger partial charge on any atom is -0.507 e. The number of hydrogen-bond donors (Lipinski definition) is 2. The van der Waals surface area contributed by atoms with Crippen LogP contribution in [-0.2, 0) is 0 Å². The van der Waals surface area contributed by atoms with E-state index in [2.05, 4.69) is 10.5 Å². The van der Waals surface area contributed by atoms with Gasteiger partial charge in [0.1, 0.15) is 17.1 Å². The lowest BCUT2D eigenvalue weighted by atomic mass is 10.00. The van der Waals surface area contributed by atoms with Crippen molar-refractivity contribution < 1.29 is 14.3 Å². The molecule has 0 bridgehead atoms. The molecule has 2 N–H and O–H groups in total. The van der Waals surface area contributed by atoms with Crippen LogP contribution in [0, 0.1) is 13.8 Å². The van der Waals surface area contributed by atoms with Gasteiger partial charge >= 0.3 is 5.63 Å². The molecule has 0 unspecified atom stereocenters. The molecule has 0 aliphatic carbocycles. The van der Waals surface area contributed by atoms with Crippen LogP contribution in [0.2, 0.25) is 0 Å². The zero-order valence-corrected chi connectivity index (χ0v) is 15.1. The first-order chi connectivity index (χ1) is 12.4. The second kappa shape index (κ2) is 6.92. The second-order valence-corrected chi connectivity index (χ2v) is 6.06. The van der Waals surface area contributed by atoms with Gasteiger partial charge in [0.25, 0.3) is 0 Å². The standard InChI is InChI=1S/C20H20N2O4/c1-11-9-18(23)26-20-12(2)19(24)17(10-16(11)20)13(3)21-22-14-5-7-15(25-4)8-6-14/h5-10,22,24H,1-4H3/b21-13-. The summed E-state index contributed by atoms with van der Waals surface area (Å²) in [6, 6.07) is 10.6. The fraction of sp³-hybridized carbons (Fsp3) is 0.200. The van der Waals surface area contributed by atoms with Gasteiger partial charge in [-0.25, -0.2) is 4.79 Å². The van der Waals surface area contributed by atoms with Crippen molar-refractivity contribution >= 4 is 22.4 Å². The molecule has 3 rings (SSSR count). The van der Waals surface area contributed by atoms with E-state index in [9.17, 15) is 9.90 Å². The smallest absolute Gasteiger partial charge is 0.336 e. The molecule has 6 heteroatoms. The van der Waals surface area contributed by atoms with Crippen LogP contribution in [-0.4, -0.2) is 17.9 Å². The first-order valence-corrected chi connectivity index (χ1v) is 8.12. The number of fused-ring (bicyclic) bond motifs is 1. The Morgan fingerprint density at radius 2 is 1.88 bits per heavy atom. The number of aryl methyl sites for hydroxylation is 2. The number of nitrogens with one attached hydrogen (secondary N) is 1. The maximum absolute atomic E-state index is 11.6. The highest BCUT2D eigenvalue weighted by molar-refractivity contribution is 6.05. The van der Waals surface area contributed by atoms with Gasteiger partial charge in [0.15, 0.2) is 0 Å². The first kappa shape index (κ1) is 17.5. The highest BCUT2D eigenvalue weighted by Crippen LogP contribution is 2.32. The van der Waals surface area contributed by atoms with Crippen molar-refractivity contribution in [2.45, 2.75) is 20.8 Å². The third-order valence-corrected chi connectivity index (χ3v) is 4.28. The van der Waals surface area contributed by atoms with Crippen LogP contribution in [0.4, 0.5) is 5.69 Å². The Bertz CT molecular complexity index is 1050. The monoisotopic (exact) mass is 352 g/mol. The molecule has 6 nitrogen and oxygen atoms in total. The average molecular weight is 352 g/mol. The second-order valence-electron chi connectivity index (χ2n) is 6.06. The van der Waals surface area contributed by atoms with Crippen LogP contribution in [0.25, 0.3) is 11.0 Å². The normalized spacial score (nSPS) is 11.6. The fourth-order valence-corrected chi connectivity index (χ4v) is 2.75. The topological polar surface area (TPSA) is 84.1 Å². The van der Waals surface area contributed by atoms with E-state index in [-0.39, 0.29) is 5.75 Å². The molecule has 0 amide bonds. The minimum atomic E-state index is -0.434. The molecular formula is C20H20N2O4. The van der Waals surface area contributed by atoms with Crippen LogP contribution in [0.1, 0.15) is 23.6 Å². The van der Waals surface area contributed by atoms with E-state index in [0.717, 1.165) is 22.4 Å². The number of ether oxygens (including phenoxy) is 1. The predicted molar refractivity (Wildman–Crippen MR) is 102 cm³/mol. The SMILES string of the molecule is COc1ccc(N/N=C(/C)c2cc3c(C)cc(=O)oc3c(C)c2O)cc1. The Morgan fingerprint density at radius 1 is 1.19 bits per heavy atom. The number of aromatic hydroxyl groups is 1. The summed E-state index contributed by atoms with van der Waals surface area (Å²) in [5, 5.41) is 15.6. The molecule has 0 spiro atoms. The summed E-state index contributed by atoms with van der Waals surface area (Å²) in [5.74, 6) is 0.806. The number of anilines is 1. The van der Waals surface area contributed by atoms with Gasteiger partial charge in [0.05, 0.1) is 18.5 Å². The molecule has 0 aliphatic heterocycles. The number of rotatable bonds is 4. The van der Waals surface area contributed by atoms with Crippen molar-refractivity contribution in [2.75, 3.05) is 12.5 Å². The molecule has 0 aliphatic rings. The van der Waals surface area contributed by atoms with Crippen molar-refractivity contribution in [1.82, 2.24) is 0 Å². The van der Waals surface area contributed by atoms with Crippen molar-refractivity contribution in [1.29, 1.82) is 0 Å². The number of hydrazone groups is 1. The molecule has 1 aromatic heterocycles. The maximum Gasteiger partial charge on any atom is 0.336 e. The Hall–Kier alpha value is -3.28. The Labute approximate surface area is 150 Å². The Kier molecular flexibility index (Phi) is 4.67. The number of methoxy groups -OCH3 is 1. The minimum absolute atomic E-state index is 0.0454. The van der Waals surface area contributed by atoms with E-state index in [0.29, 0.717) is 22.4 Å². The van der Waals surface area contributed by atoms with E-state index in [4.69, 9.17) is 9.15 Å². The number of phenolic OH excluding ortho intramolecular Hbond substituents is 1. The van der Waals surface area contributed by atoms with Gasteiger partial charge in [-0.15, -0.1) is 0 Å². The van der Waals surface area contributed by atoms with Crippen LogP contribution < -0.4 is 15.8 Å². The molecule has 134 valence electrons. The number of benzene rings is 2. The molecular weight excluding hydrogens is 332 g/mol. The van der Waals surface area contributed by atoms with Crippen molar-refractivity contribution in [3.05, 3.63) is 63.5 Å².